The van der Waals surface area contributed by atoms with Crippen molar-refractivity contribution in [1.29, 1.82) is 0 Å². The summed E-state index contributed by atoms with van der Waals surface area (Å²) in [4.78, 5) is 37.4. The summed E-state index contributed by atoms with van der Waals surface area (Å²) in [5.41, 5.74) is 6.43. The van der Waals surface area contributed by atoms with E-state index >= 15 is 0 Å². The molecule has 0 saturated carbocycles. The first-order chi connectivity index (χ1) is 14.1. The van der Waals surface area contributed by atoms with E-state index in [9.17, 15) is 14.4 Å². The molecule has 0 aliphatic carbocycles. The monoisotopic (exact) mass is 397 g/mol. The number of hydrazine groups is 1. The predicted molar refractivity (Wildman–Crippen MR) is 107 cm³/mol. The minimum absolute atomic E-state index is 0.0275. The number of rotatable bonds is 7. The second-order valence-corrected chi connectivity index (χ2v) is 6.43. The smallest absolute Gasteiger partial charge is 0.276 e. The standard InChI is InChI=1S/C21H23N3O5/c1-2-15-7-9-16(10-8-15)28-13-20(26)23-22-19(25)11-12-24-17-5-3-4-6-18(17)29-14-21(24)27/h3-10H,2,11-14H2,1H3,(H,22,25)(H,23,26). The van der Waals surface area contributed by atoms with Crippen LogP contribution in [0.4, 0.5) is 5.69 Å². The van der Waals surface area contributed by atoms with Crippen LogP contribution in [0.25, 0.3) is 0 Å². The quantitative estimate of drug-likeness (QED) is 0.692. The van der Waals surface area contributed by atoms with Crippen LogP contribution in [0, 0.1) is 0 Å². The molecule has 152 valence electrons. The van der Waals surface area contributed by atoms with Crippen LogP contribution < -0.4 is 25.2 Å². The molecule has 3 rings (SSSR count). The molecular formula is C21H23N3O5. The molecule has 0 bridgehead atoms. The van der Waals surface area contributed by atoms with Crippen molar-refractivity contribution in [3.05, 3.63) is 54.1 Å². The number of nitrogens with zero attached hydrogens (tertiary/aromatic N) is 1. The molecule has 0 spiro atoms. The molecular weight excluding hydrogens is 374 g/mol. The van der Waals surface area contributed by atoms with Crippen LogP contribution in [0.15, 0.2) is 48.5 Å². The number of para-hydroxylation sites is 2. The van der Waals surface area contributed by atoms with E-state index < -0.39 is 11.8 Å². The molecule has 1 aliphatic rings. The van der Waals surface area contributed by atoms with Gasteiger partial charge in [-0.15, -0.1) is 0 Å². The number of fused-ring (bicyclic) bond motifs is 1. The van der Waals surface area contributed by atoms with Crippen molar-refractivity contribution in [2.75, 3.05) is 24.7 Å². The molecule has 29 heavy (non-hydrogen) atoms. The molecule has 0 unspecified atom stereocenters. The lowest BCUT2D eigenvalue weighted by molar-refractivity contribution is -0.130. The normalized spacial score (nSPS) is 12.6. The van der Waals surface area contributed by atoms with Crippen molar-refractivity contribution < 1.29 is 23.9 Å². The number of hydrogen-bond donors (Lipinski definition) is 2. The molecule has 1 aliphatic heterocycles. The Hall–Kier alpha value is -3.55. The van der Waals surface area contributed by atoms with Gasteiger partial charge in [-0.1, -0.05) is 31.2 Å². The molecule has 0 saturated heterocycles. The molecule has 1 heterocycles. The Bertz CT molecular complexity index is 882. The summed E-state index contributed by atoms with van der Waals surface area (Å²) >= 11 is 0. The highest BCUT2D eigenvalue weighted by Gasteiger charge is 2.25. The minimum Gasteiger partial charge on any atom is -0.484 e. The van der Waals surface area contributed by atoms with Crippen LogP contribution in [0.1, 0.15) is 18.9 Å². The van der Waals surface area contributed by atoms with Gasteiger partial charge in [0.1, 0.15) is 11.5 Å². The Labute approximate surface area is 168 Å². The largest absolute Gasteiger partial charge is 0.484 e. The summed E-state index contributed by atoms with van der Waals surface area (Å²) in [6, 6.07) is 14.6. The molecule has 0 atom stereocenters. The topological polar surface area (TPSA) is 97.0 Å². The Morgan fingerprint density at radius 1 is 1.07 bits per heavy atom. The fraction of sp³-hybridized carbons (Fsp3) is 0.286. The lowest BCUT2D eigenvalue weighted by Gasteiger charge is -2.29. The van der Waals surface area contributed by atoms with Crippen molar-refractivity contribution in [3.63, 3.8) is 0 Å². The van der Waals surface area contributed by atoms with Crippen molar-refractivity contribution in [3.8, 4) is 11.5 Å². The number of amides is 3. The van der Waals surface area contributed by atoms with E-state index in [-0.39, 0.29) is 32.1 Å². The van der Waals surface area contributed by atoms with Crippen LogP contribution in [-0.2, 0) is 20.8 Å². The van der Waals surface area contributed by atoms with Crippen molar-refractivity contribution in [2.24, 2.45) is 0 Å². The number of aryl methyl sites for hydroxylation is 1. The zero-order valence-electron chi connectivity index (χ0n) is 16.1. The summed E-state index contributed by atoms with van der Waals surface area (Å²) in [6.07, 6.45) is 0.953. The van der Waals surface area contributed by atoms with Crippen LogP contribution in [0.3, 0.4) is 0 Å². The Kier molecular flexibility index (Phi) is 6.67. The van der Waals surface area contributed by atoms with Gasteiger partial charge in [0.15, 0.2) is 13.2 Å². The second-order valence-electron chi connectivity index (χ2n) is 6.43. The van der Waals surface area contributed by atoms with Crippen LogP contribution >= 0.6 is 0 Å². The zero-order valence-corrected chi connectivity index (χ0v) is 16.1. The van der Waals surface area contributed by atoms with Gasteiger partial charge in [-0.05, 0) is 36.2 Å². The minimum atomic E-state index is -0.481. The molecule has 2 N–H and O–H groups in total. The fourth-order valence-electron chi connectivity index (χ4n) is 2.82. The van der Waals surface area contributed by atoms with Gasteiger partial charge >= 0.3 is 0 Å². The lowest BCUT2D eigenvalue weighted by Crippen LogP contribution is -2.46. The maximum atomic E-state index is 12.1. The number of carbonyl (C=O) groups is 3. The van der Waals surface area contributed by atoms with Crippen molar-refractivity contribution >= 4 is 23.4 Å². The van der Waals surface area contributed by atoms with Gasteiger partial charge in [0.25, 0.3) is 11.8 Å². The highest BCUT2D eigenvalue weighted by Crippen LogP contribution is 2.31. The first kappa shape index (κ1) is 20.2. The predicted octanol–water partition coefficient (Wildman–Crippen LogP) is 1.59. The van der Waals surface area contributed by atoms with E-state index in [4.69, 9.17) is 9.47 Å². The summed E-state index contributed by atoms with van der Waals surface area (Å²) in [7, 11) is 0. The van der Waals surface area contributed by atoms with Crippen LogP contribution in [0.2, 0.25) is 0 Å². The number of benzene rings is 2. The van der Waals surface area contributed by atoms with E-state index in [1.165, 1.54) is 10.5 Å². The highest BCUT2D eigenvalue weighted by molar-refractivity contribution is 5.98. The molecule has 0 radical (unpaired) electrons. The molecule has 8 nitrogen and oxygen atoms in total. The van der Waals surface area contributed by atoms with E-state index in [1.807, 2.05) is 18.2 Å². The number of nitrogens with one attached hydrogen (secondary N) is 2. The summed E-state index contributed by atoms with van der Waals surface area (Å²) in [5, 5.41) is 0. The maximum Gasteiger partial charge on any atom is 0.276 e. The van der Waals surface area contributed by atoms with Gasteiger partial charge in [0, 0.05) is 13.0 Å². The van der Waals surface area contributed by atoms with Gasteiger partial charge in [0.05, 0.1) is 5.69 Å². The summed E-state index contributed by atoms with van der Waals surface area (Å²) in [6.45, 7) is 1.95. The SMILES string of the molecule is CCc1ccc(OCC(=O)NNC(=O)CCN2C(=O)COc3ccccc32)cc1. The Morgan fingerprint density at radius 2 is 1.79 bits per heavy atom. The summed E-state index contributed by atoms with van der Waals surface area (Å²) < 4.78 is 10.7. The van der Waals surface area contributed by atoms with E-state index in [1.54, 1.807) is 30.3 Å². The number of carbonyl (C=O) groups excluding carboxylic acids is 3. The Balaban J connectivity index is 1.40. The zero-order chi connectivity index (χ0) is 20.6. The average molecular weight is 397 g/mol. The van der Waals surface area contributed by atoms with Crippen LogP contribution in [0.5, 0.6) is 11.5 Å². The van der Waals surface area contributed by atoms with E-state index in [2.05, 4.69) is 17.8 Å². The fourth-order valence-corrected chi connectivity index (χ4v) is 2.82. The van der Waals surface area contributed by atoms with Gasteiger partial charge in [-0.3, -0.25) is 25.2 Å². The van der Waals surface area contributed by atoms with Crippen molar-refractivity contribution in [1.82, 2.24) is 10.9 Å². The molecule has 2 aromatic carbocycles. The summed E-state index contributed by atoms with van der Waals surface area (Å²) in [5.74, 6) is 0.0641. The molecule has 8 heteroatoms. The van der Waals surface area contributed by atoms with Crippen molar-refractivity contribution in [2.45, 2.75) is 19.8 Å². The Morgan fingerprint density at radius 3 is 2.55 bits per heavy atom. The highest BCUT2D eigenvalue weighted by atomic mass is 16.5. The molecule has 0 aromatic heterocycles. The lowest BCUT2D eigenvalue weighted by atomic mass is 10.2. The number of hydrogen-bond acceptors (Lipinski definition) is 5. The maximum absolute atomic E-state index is 12.1. The third kappa shape index (κ3) is 5.47. The third-order valence-electron chi connectivity index (χ3n) is 4.41. The van der Waals surface area contributed by atoms with Gasteiger partial charge < -0.3 is 14.4 Å². The van der Waals surface area contributed by atoms with E-state index in [0.29, 0.717) is 17.2 Å². The van der Waals surface area contributed by atoms with Crippen LogP contribution in [-0.4, -0.2) is 37.5 Å². The van der Waals surface area contributed by atoms with E-state index in [0.717, 1.165) is 6.42 Å². The third-order valence-corrected chi connectivity index (χ3v) is 4.41. The van der Waals surface area contributed by atoms with Gasteiger partial charge in [-0.2, -0.15) is 0 Å². The molecule has 0 fully saturated rings. The number of ether oxygens (including phenoxy) is 2. The van der Waals surface area contributed by atoms with Gasteiger partial charge in [0.2, 0.25) is 5.91 Å². The second kappa shape index (κ2) is 9.59. The van der Waals surface area contributed by atoms with Gasteiger partial charge in [-0.25, -0.2) is 0 Å². The first-order valence-electron chi connectivity index (χ1n) is 9.38. The first-order valence-corrected chi connectivity index (χ1v) is 9.38. The number of anilines is 1. The average Bonchev–Trinajstić information content (AvgIpc) is 2.76. The molecule has 3 amide bonds. The molecule has 2 aromatic rings.